The van der Waals surface area contributed by atoms with Crippen LogP contribution in [0.4, 0.5) is 16.2 Å². The number of pyridine rings is 1. The Morgan fingerprint density at radius 2 is 2.17 bits per heavy atom. The standard InChI is InChI=1S/C17H17BrN4O2/c1-3-24-11(2)12-4-7-16(15(18)8-12)22-17(23)21-14-6-5-13(9-19)20-10-14/h4-8,10-11H,3H2,1-2H3,(H2,21,22,23). The predicted molar refractivity (Wildman–Crippen MR) is 95.8 cm³/mol. The van der Waals surface area contributed by atoms with Crippen molar-refractivity contribution in [3.8, 4) is 6.07 Å². The largest absolute Gasteiger partial charge is 0.374 e. The van der Waals surface area contributed by atoms with Crippen molar-refractivity contribution in [3.05, 3.63) is 52.3 Å². The third-order valence-corrected chi connectivity index (χ3v) is 3.92. The van der Waals surface area contributed by atoms with Gasteiger partial charge >= 0.3 is 6.03 Å². The highest BCUT2D eigenvalue weighted by Gasteiger charge is 2.10. The van der Waals surface area contributed by atoms with Gasteiger partial charge in [-0.1, -0.05) is 6.07 Å². The lowest BCUT2D eigenvalue weighted by Crippen LogP contribution is -2.19. The second-order valence-electron chi connectivity index (χ2n) is 4.96. The van der Waals surface area contributed by atoms with E-state index in [2.05, 4.69) is 31.5 Å². The van der Waals surface area contributed by atoms with Crippen molar-refractivity contribution in [1.82, 2.24) is 4.98 Å². The first-order valence-corrected chi connectivity index (χ1v) is 8.18. The highest BCUT2D eigenvalue weighted by atomic mass is 79.9. The number of hydrogen-bond acceptors (Lipinski definition) is 4. The van der Waals surface area contributed by atoms with Gasteiger partial charge < -0.3 is 15.4 Å². The molecule has 0 saturated heterocycles. The zero-order valence-corrected chi connectivity index (χ0v) is 14.9. The van der Waals surface area contributed by atoms with E-state index < -0.39 is 6.03 Å². The summed E-state index contributed by atoms with van der Waals surface area (Å²) in [6.45, 7) is 4.56. The lowest BCUT2D eigenvalue weighted by Gasteiger charge is -2.14. The molecule has 0 aliphatic heterocycles. The van der Waals surface area contributed by atoms with Crippen molar-refractivity contribution in [1.29, 1.82) is 5.26 Å². The van der Waals surface area contributed by atoms with Gasteiger partial charge in [0.05, 0.1) is 23.7 Å². The number of benzene rings is 1. The zero-order valence-electron chi connectivity index (χ0n) is 13.3. The van der Waals surface area contributed by atoms with Crippen molar-refractivity contribution < 1.29 is 9.53 Å². The van der Waals surface area contributed by atoms with Gasteiger partial charge in [-0.05, 0) is 59.6 Å². The minimum absolute atomic E-state index is 0.0149. The molecule has 1 unspecified atom stereocenters. The summed E-state index contributed by atoms with van der Waals surface area (Å²) in [7, 11) is 0. The Bertz CT molecular complexity index is 756. The minimum atomic E-state index is -0.396. The molecule has 2 aromatic rings. The quantitative estimate of drug-likeness (QED) is 0.791. The fourth-order valence-corrected chi connectivity index (χ4v) is 2.55. The van der Waals surface area contributed by atoms with Crippen LogP contribution in [0, 0.1) is 11.3 Å². The Hall–Kier alpha value is -2.43. The van der Waals surface area contributed by atoms with Gasteiger partial charge in [0.15, 0.2) is 0 Å². The smallest absolute Gasteiger partial charge is 0.323 e. The van der Waals surface area contributed by atoms with Crippen molar-refractivity contribution in [2.75, 3.05) is 17.2 Å². The molecule has 2 rings (SSSR count). The van der Waals surface area contributed by atoms with Crippen LogP contribution in [-0.4, -0.2) is 17.6 Å². The maximum atomic E-state index is 12.0. The summed E-state index contributed by atoms with van der Waals surface area (Å²) in [6, 6.07) is 10.3. The maximum Gasteiger partial charge on any atom is 0.323 e. The Balaban J connectivity index is 2.02. The first-order chi connectivity index (χ1) is 11.5. The van der Waals surface area contributed by atoms with Gasteiger partial charge in [-0.3, -0.25) is 0 Å². The number of nitrogens with one attached hydrogen (secondary N) is 2. The highest BCUT2D eigenvalue weighted by molar-refractivity contribution is 9.10. The van der Waals surface area contributed by atoms with E-state index in [-0.39, 0.29) is 6.10 Å². The van der Waals surface area contributed by atoms with E-state index in [1.165, 1.54) is 12.3 Å². The molecule has 2 N–H and O–H groups in total. The molecule has 2 amide bonds. The Labute approximate surface area is 149 Å². The van der Waals surface area contributed by atoms with Crippen LogP contribution >= 0.6 is 15.9 Å². The summed E-state index contributed by atoms with van der Waals surface area (Å²) in [6.07, 6.45) is 1.42. The third kappa shape index (κ3) is 4.78. The molecule has 6 nitrogen and oxygen atoms in total. The van der Waals surface area contributed by atoms with E-state index in [4.69, 9.17) is 10.00 Å². The SMILES string of the molecule is CCOC(C)c1ccc(NC(=O)Nc2ccc(C#N)nc2)c(Br)c1. The number of halogens is 1. The molecule has 124 valence electrons. The van der Waals surface area contributed by atoms with Gasteiger partial charge in [0.25, 0.3) is 0 Å². The molecule has 0 spiro atoms. The van der Waals surface area contributed by atoms with E-state index in [0.29, 0.717) is 23.7 Å². The summed E-state index contributed by atoms with van der Waals surface area (Å²) in [5.41, 5.74) is 2.46. The summed E-state index contributed by atoms with van der Waals surface area (Å²) >= 11 is 3.45. The van der Waals surface area contributed by atoms with E-state index in [1.807, 2.05) is 38.1 Å². The number of carbonyl (C=O) groups is 1. The van der Waals surface area contributed by atoms with Gasteiger partial charge in [0, 0.05) is 11.1 Å². The Kier molecular flexibility index (Phi) is 6.29. The number of ether oxygens (including phenoxy) is 1. The number of rotatable bonds is 5. The van der Waals surface area contributed by atoms with Crippen LogP contribution in [0.15, 0.2) is 41.0 Å². The molecule has 0 bridgehead atoms. The average molecular weight is 389 g/mol. The maximum absolute atomic E-state index is 12.0. The van der Waals surface area contributed by atoms with Crippen LogP contribution in [-0.2, 0) is 4.74 Å². The molecule has 1 heterocycles. The molecule has 0 saturated carbocycles. The van der Waals surface area contributed by atoms with Gasteiger partial charge in [-0.25, -0.2) is 9.78 Å². The van der Waals surface area contributed by atoms with E-state index >= 15 is 0 Å². The van der Waals surface area contributed by atoms with Crippen LogP contribution in [0.25, 0.3) is 0 Å². The fraction of sp³-hybridized carbons (Fsp3) is 0.235. The average Bonchev–Trinajstić information content (AvgIpc) is 2.57. The summed E-state index contributed by atoms with van der Waals surface area (Å²) in [5, 5.41) is 14.1. The molecule has 0 aliphatic rings. The normalized spacial score (nSPS) is 11.4. The molecule has 24 heavy (non-hydrogen) atoms. The van der Waals surface area contributed by atoms with E-state index in [1.54, 1.807) is 6.07 Å². The molecule has 7 heteroatoms. The number of amides is 2. The molecule has 1 aromatic heterocycles. The molecule has 1 aromatic carbocycles. The van der Waals surface area contributed by atoms with Gasteiger partial charge in [-0.2, -0.15) is 5.26 Å². The number of nitrogens with zero attached hydrogens (tertiary/aromatic N) is 2. The fourth-order valence-electron chi connectivity index (χ4n) is 2.05. The number of aromatic nitrogens is 1. The van der Waals surface area contributed by atoms with Crippen LogP contribution in [0.1, 0.15) is 31.2 Å². The monoisotopic (exact) mass is 388 g/mol. The number of nitriles is 1. The lowest BCUT2D eigenvalue weighted by molar-refractivity contribution is 0.0764. The first-order valence-electron chi connectivity index (χ1n) is 7.38. The van der Waals surface area contributed by atoms with Crippen molar-refractivity contribution >= 4 is 33.3 Å². The number of carbonyl (C=O) groups excluding carboxylic acids is 1. The zero-order chi connectivity index (χ0) is 17.5. The van der Waals surface area contributed by atoms with Crippen LogP contribution in [0.2, 0.25) is 0 Å². The summed E-state index contributed by atoms with van der Waals surface area (Å²) in [5.74, 6) is 0. The van der Waals surface area contributed by atoms with Crippen LogP contribution in [0.5, 0.6) is 0 Å². The molecule has 0 radical (unpaired) electrons. The molecular formula is C17H17BrN4O2. The van der Waals surface area contributed by atoms with Gasteiger partial charge in [-0.15, -0.1) is 0 Å². The number of anilines is 2. The number of hydrogen-bond donors (Lipinski definition) is 2. The van der Waals surface area contributed by atoms with Crippen molar-refractivity contribution in [3.63, 3.8) is 0 Å². The van der Waals surface area contributed by atoms with Crippen molar-refractivity contribution in [2.45, 2.75) is 20.0 Å². The first kappa shape index (κ1) is 17.9. The Morgan fingerprint density at radius 3 is 2.75 bits per heavy atom. The highest BCUT2D eigenvalue weighted by Crippen LogP contribution is 2.27. The van der Waals surface area contributed by atoms with Crippen molar-refractivity contribution in [2.24, 2.45) is 0 Å². The second-order valence-corrected chi connectivity index (χ2v) is 5.81. The third-order valence-electron chi connectivity index (χ3n) is 3.26. The van der Waals surface area contributed by atoms with Gasteiger partial charge in [0.1, 0.15) is 11.8 Å². The van der Waals surface area contributed by atoms with Crippen LogP contribution < -0.4 is 10.6 Å². The molecule has 1 atom stereocenters. The molecule has 0 aliphatic carbocycles. The lowest BCUT2D eigenvalue weighted by atomic mass is 10.1. The Morgan fingerprint density at radius 1 is 1.38 bits per heavy atom. The molecular weight excluding hydrogens is 372 g/mol. The van der Waals surface area contributed by atoms with Crippen LogP contribution in [0.3, 0.4) is 0 Å². The van der Waals surface area contributed by atoms with E-state index in [9.17, 15) is 4.79 Å². The minimum Gasteiger partial charge on any atom is -0.374 e. The topological polar surface area (TPSA) is 87.0 Å². The summed E-state index contributed by atoms with van der Waals surface area (Å²) in [4.78, 5) is 15.9. The second kappa shape index (κ2) is 8.43. The molecule has 0 fully saturated rings. The number of urea groups is 1. The van der Waals surface area contributed by atoms with E-state index in [0.717, 1.165) is 10.0 Å². The van der Waals surface area contributed by atoms with Gasteiger partial charge in [0.2, 0.25) is 0 Å². The summed E-state index contributed by atoms with van der Waals surface area (Å²) < 4.78 is 6.31. The predicted octanol–water partition coefficient (Wildman–Crippen LogP) is 4.46.